The third-order valence-electron chi connectivity index (χ3n) is 5.48. The Morgan fingerprint density at radius 1 is 0.750 bits per heavy atom. The zero-order valence-corrected chi connectivity index (χ0v) is 20.2. The van der Waals surface area contributed by atoms with Gasteiger partial charge in [0.15, 0.2) is 0 Å². The lowest BCUT2D eigenvalue weighted by Gasteiger charge is -2.30. The van der Waals surface area contributed by atoms with E-state index in [1.807, 2.05) is 0 Å². The summed E-state index contributed by atoms with van der Waals surface area (Å²) in [5.41, 5.74) is 0.598. The highest BCUT2D eigenvalue weighted by molar-refractivity contribution is 5.91. The molecule has 0 aromatic heterocycles. The average Bonchev–Trinajstić information content (AvgIpc) is 2.62. The molecule has 0 atom stereocenters. The summed E-state index contributed by atoms with van der Waals surface area (Å²) in [7, 11) is 4.75. The maximum absolute atomic E-state index is 11.4. The normalized spacial score (nSPS) is 11.1. The lowest BCUT2D eigenvalue weighted by molar-refractivity contribution is -0.890. The number of quaternary nitrogens is 1. The second-order valence-corrected chi connectivity index (χ2v) is 9.02. The van der Waals surface area contributed by atoms with Crippen LogP contribution < -0.4 is 17.7 Å². The van der Waals surface area contributed by atoms with E-state index >= 15 is 0 Å². The van der Waals surface area contributed by atoms with Crippen LogP contribution in [0.4, 0.5) is 0 Å². The number of amides is 1. The van der Waals surface area contributed by atoms with Crippen LogP contribution in [0.15, 0.2) is 12.2 Å². The van der Waals surface area contributed by atoms with Gasteiger partial charge in [0.1, 0.15) is 0 Å². The number of carbonyl (C=O) groups is 1. The fourth-order valence-corrected chi connectivity index (χ4v) is 3.51. The molecule has 0 radical (unpaired) electrons. The summed E-state index contributed by atoms with van der Waals surface area (Å²) in [4.78, 5) is 11.4. The Morgan fingerprint density at radius 2 is 1.14 bits per heavy atom. The highest BCUT2D eigenvalue weighted by Gasteiger charge is 2.13. The van der Waals surface area contributed by atoms with Gasteiger partial charge in [-0.1, -0.05) is 71.3 Å². The Morgan fingerprint density at radius 3 is 1.57 bits per heavy atom. The van der Waals surface area contributed by atoms with E-state index in [0.717, 1.165) is 17.4 Å². The summed E-state index contributed by atoms with van der Waals surface area (Å²) in [5, 5.41) is 2.91. The van der Waals surface area contributed by atoms with Gasteiger partial charge in [-0.15, -0.1) is 0 Å². The van der Waals surface area contributed by atoms with Crippen LogP contribution in [0.25, 0.3) is 0 Å². The standard InChI is InChI=1S/C24H48N2O.ClH/c1-6-7-8-9-10-11-12-13-15-18-21-26(4,5)22-19-16-14-17-20-25-24(27)23(2)3;/h2,6-22H2,1,3-5H3;1H. The molecule has 0 bridgehead atoms. The Balaban J connectivity index is 0. The predicted octanol–water partition coefficient (Wildman–Crippen LogP) is 3.24. The second-order valence-electron chi connectivity index (χ2n) is 9.02. The molecule has 0 spiro atoms. The quantitative estimate of drug-likeness (QED) is 0.195. The minimum atomic E-state index is -0.00991. The van der Waals surface area contributed by atoms with Crippen LogP contribution in [-0.4, -0.2) is 44.1 Å². The molecule has 0 aromatic rings. The van der Waals surface area contributed by atoms with Crippen LogP contribution in [-0.2, 0) is 4.79 Å². The second kappa shape index (κ2) is 19.8. The summed E-state index contributed by atoms with van der Waals surface area (Å²) in [5.74, 6) is -0.00991. The van der Waals surface area contributed by atoms with Gasteiger partial charge in [0, 0.05) is 12.1 Å². The van der Waals surface area contributed by atoms with Gasteiger partial charge in [-0.2, -0.15) is 0 Å². The number of nitrogens with one attached hydrogen (secondary N) is 1. The van der Waals surface area contributed by atoms with Gasteiger partial charge in [-0.05, 0) is 39.0 Å². The largest absolute Gasteiger partial charge is 1.00 e. The van der Waals surface area contributed by atoms with Gasteiger partial charge in [-0.25, -0.2) is 0 Å². The van der Waals surface area contributed by atoms with E-state index < -0.39 is 0 Å². The molecular weight excluding hydrogens is 368 g/mol. The first-order chi connectivity index (χ1) is 12.9. The van der Waals surface area contributed by atoms with Crippen LogP contribution in [0.2, 0.25) is 0 Å². The van der Waals surface area contributed by atoms with E-state index in [-0.39, 0.29) is 18.3 Å². The van der Waals surface area contributed by atoms with Crippen LogP contribution in [0.3, 0.4) is 0 Å². The number of carbonyl (C=O) groups excluding carboxylic acids is 1. The molecule has 0 aromatic carbocycles. The van der Waals surface area contributed by atoms with E-state index in [9.17, 15) is 4.79 Å². The molecule has 0 unspecified atom stereocenters. The Bertz CT molecular complexity index is 383. The van der Waals surface area contributed by atoms with Crippen molar-refractivity contribution in [1.82, 2.24) is 5.32 Å². The van der Waals surface area contributed by atoms with Crippen LogP contribution in [0.1, 0.15) is 104 Å². The summed E-state index contributed by atoms with van der Waals surface area (Å²) in [6.45, 7) is 11.1. The van der Waals surface area contributed by atoms with Crippen LogP contribution in [0.5, 0.6) is 0 Å². The maximum atomic E-state index is 11.4. The monoisotopic (exact) mass is 416 g/mol. The first kappa shape index (κ1) is 29.7. The van der Waals surface area contributed by atoms with Crippen molar-refractivity contribution in [2.45, 2.75) is 104 Å². The highest BCUT2D eigenvalue weighted by Crippen LogP contribution is 2.12. The lowest BCUT2D eigenvalue weighted by atomic mass is 10.1. The van der Waals surface area contributed by atoms with Crippen molar-refractivity contribution < 1.29 is 21.7 Å². The van der Waals surface area contributed by atoms with Crippen molar-refractivity contribution in [2.24, 2.45) is 0 Å². The third-order valence-corrected chi connectivity index (χ3v) is 5.48. The first-order valence-corrected chi connectivity index (χ1v) is 11.6. The van der Waals surface area contributed by atoms with Crippen molar-refractivity contribution in [2.75, 3.05) is 33.7 Å². The summed E-state index contributed by atoms with van der Waals surface area (Å²) >= 11 is 0. The number of unbranched alkanes of at least 4 members (excludes halogenated alkanes) is 12. The number of nitrogens with zero attached hydrogens (tertiary/aromatic N) is 1. The molecule has 0 aliphatic rings. The zero-order chi connectivity index (χ0) is 20.4. The molecule has 0 saturated heterocycles. The molecule has 168 valence electrons. The van der Waals surface area contributed by atoms with Crippen molar-refractivity contribution in [3.8, 4) is 0 Å². The Hall–Kier alpha value is -0.540. The Labute approximate surface area is 182 Å². The smallest absolute Gasteiger partial charge is 0.246 e. The summed E-state index contributed by atoms with van der Waals surface area (Å²) in [6, 6.07) is 0. The van der Waals surface area contributed by atoms with Gasteiger partial charge in [0.05, 0.1) is 27.2 Å². The molecule has 3 nitrogen and oxygen atoms in total. The van der Waals surface area contributed by atoms with Crippen LogP contribution >= 0.6 is 0 Å². The third kappa shape index (κ3) is 20.2. The minimum Gasteiger partial charge on any atom is -1.00 e. The van der Waals surface area contributed by atoms with Gasteiger partial charge in [-0.3, -0.25) is 4.79 Å². The van der Waals surface area contributed by atoms with Crippen molar-refractivity contribution in [1.29, 1.82) is 0 Å². The molecule has 4 heteroatoms. The topological polar surface area (TPSA) is 29.1 Å². The number of hydrogen-bond donors (Lipinski definition) is 1. The van der Waals surface area contributed by atoms with Crippen LogP contribution in [0, 0.1) is 0 Å². The zero-order valence-electron chi connectivity index (χ0n) is 19.5. The van der Waals surface area contributed by atoms with E-state index in [1.165, 1.54) is 96.6 Å². The van der Waals surface area contributed by atoms with Gasteiger partial charge in [0.2, 0.25) is 5.91 Å². The van der Waals surface area contributed by atoms with E-state index in [2.05, 4.69) is 32.9 Å². The summed E-state index contributed by atoms with van der Waals surface area (Å²) < 4.78 is 1.16. The van der Waals surface area contributed by atoms with E-state index in [4.69, 9.17) is 0 Å². The molecule has 0 aliphatic carbocycles. The van der Waals surface area contributed by atoms with Gasteiger partial charge < -0.3 is 22.2 Å². The fraction of sp³-hybridized carbons (Fsp3) is 0.875. The number of halogens is 1. The molecule has 0 heterocycles. The molecule has 28 heavy (non-hydrogen) atoms. The maximum Gasteiger partial charge on any atom is 0.246 e. The molecular formula is C24H49ClN2O. The summed E-state index contributed by atoms with van der Waals surface area (Å²) in [6.07, 6.45) is 19.0. The van der Waals surface area contributed by atoms with Crippen molar-refractivity contribution in [3.63, 3.8) is 0 Å². The number of hydrogen-bond acceptors (Lipinski definition) is 1. The molecule has 1 amide bonds. The van der Waals surface area contributed by atoms with Gasteiger partial charge in [0.25, 0.3) is 0 Å². The van der Waals surface area contributed by atoms with Gasteiger partial charge >= 0.3 is 0 Å². The SMILES string of the molecule is C=C(C)C(=O)NCCCCCC[N+](C)(C)CCCCCCCCCCCC.[Cl-]. The minimum absolute atomic E-state index is 0. The van der Waals surface area contributed by atoms with Crippen molar-refractivity contribution in [3.05, 3.63) is 12.2 Å². The molecule has 0 fully saturated rings. The first-order valence-electron chi connectivity index (χ1n) is 11.6. The van der Waals surface area contributed by atoms with Crippen molar-refractivity contribution >= 4 is 5.91 Å². The van der Waals surface area contributed by atoms with E-state index in [0.29, 0.717) is 5.57 Å². The molecule has 0 rings (SSSR count). The highest BCUT2D eigenvalue weighted by atomic mass is 35.5. The fourth-order valence-electron chi connectivity index (χ4n) is 3.51. The molecule has 0 aliphatic heterocycles. The number of rotatable bonds is 19. The molecule has 1 N–H and O–H groups in total. The van der Waals surface area contributed by atoms with E-state index in [1.54, 1.807) is 6.92 Å². The lowest BCUT2D eigenvalue weighted by Crippen LogP contribution is -3.00. The Kier molecular flexibility index (Phi) is 20.9. The predicted molar refractivity (Wildman–Crippen MR) is 120 cm³/mol. The molecule has 0 saturated carbocycles. The average molecular weight is 417 g/mol.